The molecule has 0 atom stereocenters. The van der Waals surface area contributed by atoms with E-state index in [2.05, 4.69) is 0 Å². The second-order valence-corrected chi connectivity index (χ2v) is 2.50. The van der Waals surface area contributed by atoms with Crippen LogP contribution in [-0.2, 0) is 6.61 Å². The molecule has 0 unspecified atom stereocenters. The first-order valence-electron chi connectivity index (χ1n) is 3.13. The molecule has 0 spiro atoms. The van der Waals surface area contributed by atoms with Crippen molar-refractivity contribution in [1.29, 1.82) is 0 Å². The molecule has 11 heavy (non-hydrogen) atoms. The molecule has 1 N–H and O–H groups in total. The van der Waals surface area contributed by atoms with Crippen LogP contribution in [0.1, 0.15) is 15.9 Å². The van der Waals surface area contributed by atoms with Crippen LogP contribution in [0.5, 0.6) is 0 Å². The number of halogens is 1. The molecule has 0 aliphatic rings. The predicted molar refractivity (Wildman–Crippen MR) is 42.8 cm³/mol. The average molecular weight is 171 g/mol. The van der Waals surface area contributed by atoms with Crippen molar-refractivity contribution >= 4 is 17.9 Å². The standard InChI is InChI=1S/C8H7ClO2/c9-8-3-1-2-6(4-10)7(8)5-11/h1-3,5,10H,4H2. The molecule has 1 aromatic rings. The van der Waals surface area contributed by atoms with Crippen LogP contribution in [0.3, 0.4) is 0 Å². The fourth-order valence-corrected chi connectivity index (χ4v) is 1.09. The highest BCUT2D eigenvalue weighted by Crippen LogP contribution is 2.17. The number of carbonyl (C=O) groups is 1. The van der Waals surface area contributed by atoms with E-state index in [-0.39, 0.29) is 6.61 Å². The Kier molecular flexibility index (Phi) is 2.63. The minimum Gasteiger partial charge on any atom is -0.392 e. The van der Waals surface area contributed by atoms with Crippen molar-refractivity contribution in [2.45, 2.75) is 6.61 Å². The number of hydrogen-bond donors (Lipinski definition) is 1. The van der Waals surface area contributed by atoms with E-state index in [1.807, 2.05) is 0 Å². The largest absolute Gasteiger partial charge is 0.392 e. The molecule has 3 heteroatoms. The van der Waals surface area contributed by atoms with Crippen molar-refractivity contribution < 1.29 is 9.90 Å². The molecule has 0 amide bonds. The zero-order valence-corrected chi connectivity index (χ0v) is 6.51. The fraction of sp³-hybridized carbons (Fsp3) is 0.125. The molecular formula is C8H7ClO2. The molecule has 0 aromatic heterocycles. The number of carbonyl (C=O) groups excluding carboxylic acids is 1. The number of aliphatic hydroxyl groups is 1. The van der Waals surface area contributed by atoms with Gasteiger partial charge in [0.25, 0.3) is 0 Å². The van der Waals surface area contributed by atoms with Crippen LogP contribution in [-0.4, -0.2) is 11.4 Å². The Labute approximate surface area is 69.4 Å². The van der Waals surface area contributed by atoms with Crippen molar-refractivity contribution in [3.05, 3.63) is 34.3 Å². The summed E-state index contributed by atoms with van der Waals surface area (Å²) in [6.07, 6.45) is 0.647. The third-order valence-corrected chi connectivity index (χ3v) is 1.76. The maximum absolute atomic E-state index is 10.4. The van der Waals surface area contributed by atoms with Gasteiger partial charge in [0.05, 0.1) is 11.6 Å². The maximum Gasteiger partial charge on any atom is 0.151 e. The molecule has 0 radical (unpaired) electrons. The van der Waals surface area contributed by atoms with E-state index in [0.29, 0.717) is 22.4 Å². The van der Waals surface area contributed by atoms with Gasteiger partial charge in [-0.3, -0.25) is 4.79 Å². The molecule has 0 aliphatic carbocycles. The average Bonchev–Trinajstić information content (AvgIpc) is 2.04. The number of aldehydes is 1. The number of hydrogen-bond acceptors (Lipinski definition) is 2. The van der Waals surface area contributed by atoms with E-state index in [1.54, 1.807) is 18.2 Å². The zero-order valence-electron chi connectivity index (χ0n) is 5.75. The lowest BCUT2D eigenvalue weighted by Gasteiger charge is -2.00. The summed E-state index contributed by atoms with van der Waals surface area (Å²) < 4.78 is 0. The Hall–Kier alpha value is -0.860. The van der Waals surface area contributed by atoms with Crippen LogP contribution in [0, 0.1) is 0 Å². The Morgan fingerprint density at radius 3 is 2.73 bits per heavy atom. The van der Waals surface area contributed by atoms with Gasteiger partial charge in [-0.25, -0.2) is 0 Å². The van der Waals surface area contributed by atoms with Crippen molar-refractivity contribution in [1.82, 2.24) is 0 Å². The van der Waals surface area contributed by atoms with Gasteiger partial charge in [0.2, 0.25) is 0 Å². The smallest absolute Gasteiger partial charge is 0.151 e. The summed E-state index contributed by atoms with van der Waals surface area (Å²) in [7, 11) is 0. The third kappa shape index (κ3) is 1.59. The molecule has 0 aliphatic heterocycles. The Balaban J connectivity index is 3.24. The van der Waals surface area contributed by atoms with Crippen LogP contribution in [0.15, 0.2) is 18.2 Å². The molecular weight excluding hydrogens is 164 g/mol. The normalized spacial score (nSPS) is 9.64. The molecule has 1 rings (SSSR count). The summed E-state index contributed by atoms with van der Waals surface area (Å²) in [5, 5.41) is 9.14. The van der Waals surface area contributed by atoms with Gasteiger partial charge in [0, 0.05) is 5.56 Å². The lowest BCUT2D eigenvalue weighted by atomic mass is 10.1. The van der Waals surface area contributed by atoms with E-state index >= 15 is 0 Å². The van der Waals surface area contributed by atoms with E-state index in [4.69, 9.17) is 16.7 Å². The quantitative estimate of drug-likeness (QED) is 0.686. The Morgan fingerprint density at radius 2 is 2.27 bits per heavy atom. The minimum absolute atomic E-state index is 0.158. The van der Waals surface area contributed by atoms with Gasteiger partial charge in [-0.2, -0.15) is 0 Å². The molecule has 0 saturated carbocycles. The second kappa shape index (κ2) is 3.51. The minimum atomic E-state index is -0.158. The Bertz CT molecular complexity index is 271. The first-order valence-corrected chi connectivity index (χ1v) is 3.51. The molecule has 0 heterocycles. The summed E-state index contributed by atoms with van der Waals surface area (Å²) in [6, 6.07) is 4.97. The highest BCUT2D eigenvalue weighted by molar-refractivity contribution is 6.33. The van der Waals surface area contributed by atoms with E-state index in [9.17, 15) is 4.79 Å². The van der Waals surface area contributed by atoms with Crippen LogP contribution in [0.25, 0.3) is 0 Å². The van der Waals surface area contributed by atoms with Gasteiger partial charge < -0.3 is 5.11 Å². The van der Waals surface area contributed by atoms with Gasteiger partial charge in [-0.1, -0.05) is 23.7 Å². The van der Waals surface area contributed by atoms with Crippen LogP contribution in [0.2, 0.25) is 5.02 Å². The van der Waals surface area contributed by atoms with Crippen molar-refractivity contribution in [2.24, 2.45) is 0 Å². The lowest BCUT2D eigenvalue weighted by Crippen LogP contribution is -1.92. The monoisotopic (exact) mass is 170 g/mol. The Morgan fingerprint density at radius 1 is 1.55 bits per heavy atom. The summed E-state index contributed by atoms with van der Waals surface area (Å²) in [5.41, 5.74) is 0.934. The highest BCUT2D eigenvalue weighted by Gasteiger charge is 2.03. The molecule has 0 fully saturated rings. The van der Waals surface area contributed by atoms with Crippen LogP contribution in [0.4, 0.5) is 0 Å². The highest BCUT2D eigenvalue weighted by atomic mass is 35.5. The molecule has 0 saturated heterocycles. The summed E-state index contributed by atoms with van der Waals surface area (Å²) in [6.45, 7) is -0.158. The lowest BCUT2D eigenvalue weighted by molar-refractivity contribution is 0.112. The van der Waals surface area contributed by atoms with Crippen molar-refractivity contribution in [2.75, 3.05) is 0 Å². The second-order valence-electron chi connectivity index (χ2n) is 2.09. The van der Waals surface area contributed by atoms with Gasteiger partial charge >= 0.3 is 0 Å². The first-order chi connectivity index (χ1) is 5.29. The topological polar surface area (TPSA) is 37.3 Å². The predicted octanol–water partition coefficient (Wildman–Crippen LogP) is 1.64. The van der Waals surface area contributed by atoms with Crippen molar-refractivity contribution in [3.63, 3.8) is 0 Å². The molecule has 0 bridgehead atoms. The van der Waals surface area contributed by atoms with Gasteiger partial charge in [-0.15, -0.1) is 0 Å². The van der Waals surface area contributed by atoms with Crippen LogP contribution >= 0.6 is 11.6 Å². The van der Waals surface area contributed by atoms with E-state index in [1.165, 1.54) is 0 Å². The summed E-state index contributed by atoms with van der Waals surface area (Å²) >= 11 is 5.67. The van der Waals surface area contributed by atoms with Crippen LogP contribution < -0.4 is 0 Å². The maximum atomic E-state index is 10.4. The number of benzene rings is 1. The van der Waals surface area contributed by atoms with E-state index in [0.717, 1.165) is 0 Å². The van der Waals surface area contributed by atoms with Gasteiger partial charge in [-0.05, 0) is 11.6 Å². The van der Waals surface area contributed by atoms with Gasteiger partial charge in [0.15, 0.2) is 6.29 Å². The molecule has 58 valence electrons. The SMILES string of the molecule is O=Cc1c(Cl)cccc1CO. The zero-order chi connectivity index (χ0) is 8.27. The number of rotatable bonds is 2. The third-order valence-electron chi connectivity index (χ3n) is 1.43. The van der Waals surface area contributed by atoms with Crippen molar-refractivity contribution in [3.8, 4) is 0 Å². The summed E-state index contributed by atoms with van der Waals surface area (Å²) in [4.78, 5) is 10.4. The fourth-order valence-electron chi connectivity index (χ4n) is 0.852. The van der Waals surface area contributed by atoms with Gasteiger partial charge in [0.1, 0.15) is 0 Å². The summed E-state index contributed by atoms with van der Waals surface area (Å²) in [5.74, 6) is 0. The van der Waals surface area contributed by atoms with E-state index < -0.39 is 0 Å². The number of aliphatic hydroxyl groups excluding tert-OH is 1. The first kappa shape index (κ1) is 8.24. The molecule has 1 aromatic carbocycles. The molecule has 2 nitrogen and oxygen atoms in total.